The number of aryl methyl sites for hydroxylation is 1. The number of carbonyl (C=O) groups is 1. The lowest BCUT2D eigenvalue weighted by atomic mass is 10.0. The zero-order valence-electron chi connectivity index (χ0n) is 18.0. The number of carbonyl (C=O) groups excluding carboxylic acids is 1. The first kappa shape index (κ1) is 20.2. The highest BCUT2D eigenvalue weighted by Gasteiger charge is 2.19. The molecule has 3 aromatic carbocycles. The van der Waals surface area contributed by atoms with Crippen LogP contribution in [0, 0.1) is 18.3 Å². The summed E-state index contributed by atoms with van der Waals surface area (Å²) in [4.78, 5) is 18.0. The zero-order valence-corrected chi connectivity index (χ0v) is 18.0. The van der Waals surface area contributed by atoms with Crippen LogP contribution in [0.25, 0.3) is 27.5 Å². The van der Waals surface area contributed by atoms with Gasteiger partial charge in [0, 0.05) is 10.9 Å². The smallest absolute Gasteiger partial charge is 0.257 e. The Bertz CT molecular complexity index is 1570. The van der Waals surface area contributed by atoms with E-state index in [1.165, 1.54) is 10.9 Å². The Morgan fingerprint density at radius 3 is 2.64 bits per heavy atom. The number of rotatable bonds is 4. The Hall–Kier alpha value is -4.70. The van der Waals surface area contributed by atoms with Crippen molar-refractivity contribution in [1.29, 1.82) is 5.26 Å². The second kappa shape index (κ2) is 8.09. The van der Waals surface area contributed by atoms with Crippen molar-refractivity contribution < 1.29 is 9.53 Å². The number of methoxy groups -OCH3 is 1. The largest absolute Gasteiger partial charge is 0.494 e. The standard InChI is InChI=1S/C26H19N5O2/c1-16-13-23(29-24-19(16)10-6-12-22(24)33-2)31-25(18(14-27)15-28-31)30-26(32)21-11-5-8-17-7-3-4-9-20(17)21/h3-13,15H,1-2H3,(H,30,32). The van der Waals surface area contributed by atoms with Crippen LogP contribution in [0.4, 0.5) is 5.82 Å². The fraction of sp³-hybridized carbons (Fsp3) is 0.0769. The highest BCUT2D eigenvalue weighted by Crippen LogP contribution is 2.29. The van der Waals surface area contributed by atoms with Gasteiger partial charge in [-0.2, -0.15) is 15.0 Å². The maximum absolute atomic E-state index is 13.3. The van der Waals surface area contributed by atoms with Crippen LogP contribution in [0.2, 0.25) is 0 Å². The summed E-state index contributed by atoms with van der Waals surface area (Å²) in [6.45, 7) is 1.97. The number of hydrogen-bond donors (Lipinski definition) is 1. The van der Waals surface area contributed by atoms with E-state index < -0.39 is 0 Å². The molecule has 7 heteroatoms. The maximum atomic E-state index is 13.3. The fourth-order valence-electron chi connectivity index (χ4n) is 3.97. The summed E-state index contributed by atoms with van der Waals surface area (Å²) < 4.78 is 6.95. The lowest BCUT2D eigenvalue weighted by Gasteiger charge is -2.13. The van der Waals surface area contributed by atoms with E-state index >= 15 is 0 Å². The summed E-state index contributed by atoms with van der Waals surface area (Å²) in [5, 5.41) is 19.6. The molecule has 5 aromatic rings. The number of para-hydroxylation sites is 1. The summed E-state index contributed by atoms with van der Waals surface area (Å²) in [6, 6.07) is 22.9. The summed E-state index contributed by atoms with van der Waals surface area (Å²) in [5.74, 6) is 1.03. The number of benzene rings is 3. The highest BCUT2D eigenvalue weighted by atomic mass is 16.5. The molecule has 7 nitrogen and oxygen atoms in total. The minimum Gasteiger partial charge on any atom is -0.494 e. The molecule has 0 atom stereocenters. The van der Waals surface area contributed by atoms with Gasteiger partial charge in [-0.15, -0.1) is 0 Å². The maximum Gasteiger partial charge on any atom is 0.257 e. The van der Waals surface area contributed by atoms with Crippen molar-refractivity contribution in [3.8, 4) is 17.6 Å². The van der Waals surface area contributed by atoms with E-state index in [-0.39, 0.29) is 17.3 Å². The van der Waals surface area contributed by atoms with Crippen molar-refractivity contribution in [2.45, 2.75) is 6.92 Å². The van der Waals surface area contributed by atoms with Gasteiger partial charge < -0.3 is 10.1 Å². The minimum atomic E-state index is -0.333. The van der Waals surface area contributed by atoms with Crippen LogP contribution in [0.5, 0.6) is 5.75 Å². The predicted octanol–water partition coefficient (Wildman–Crippen LogP) is 5.01. The monoisotopic (exact) mass is 433 g/mol. The molecule has 0 spiro atoms. The van der Waals surface area contributed by atoms with Gasteiger partial charge >= 0.3 is 0 Å². The topological polar surface area (TPSA) is 92.8 Å². The molecule has 0 unspecified atom stereocenters. The summed E-state index contributed by atoms with van der Waals surface area (Å²) in [7, 11) is 1.59. The molecule has 2 heterocycles. The van der Waals surface area contributed by atoms with E-state index in [9.17, 15) is 10.1 Å². The number of anilines is 1. The van der Waals surface area contributed by atoms with Gasteiger partial charge in [-0.05, 0) is 41.5 Å². The number of nitriles is 1. The first-order valence-corrected chi connectivity index (χ1v) is 10.3. The summed E-state index contributed by atoms with van der Waals surface area (Å²) in [5.41, 5.74) is 2.39. The number of nitrogens with one attached hydrogen (secondary N) is 1. The third kappa shape index (κ3) is 3.44. The molecule has 0 aliphatic carbocycles. The SMILES string of the molecule is COc1cccc2c(C)cc(-n3ncc(C#N)c3NC(=O)c3cccc4ccccc34)nc12. The van der Waals surface area contributed by atoms with Crippen LogP contribution < -0.4 is 10.1 Å². The number of ether oxygens (including phenoxy) is 1. The van der Waals surface area contributed by atoms with Crippen molar-refractivity contribution in [1.82, 2.24) is 14.8 Å². The second-order valence-corrected chi connectivity index (χ2v) is 7.57. The van der Waals surface area contributed by atoms with E-state index in [1.54, 1.807) is 13.2 Å². The number of pyridine rings is 1. The lowest BCUT2D eigenvalue weighted by molar-refractivity contribution is 0.102. The number of nitrogens with zero attached hydrogens (tertiary/aromatic N) is 4. The van der Waals surface area contributed by atoms with Crippen LogP contribution in [0.15, 0.2) is 72.9 Å². The van der Waals surface area contributed by atoms with Crippen LogP contribution in [-0.2, 0) is 0 Å². The molecule has 0 saturated carbocycles. The number of amides is 1. The first-order valence-electron chi connectivity index (χ1n) is 10.3. The predicted molar refractivity (Wildman–Crippen MR) is 127 cm³/mol. The summed E-state index contributed by atoms with van der Waals surface area (Å²) in [6.07, 6.45) is 1.42. The van der Waals surface area contributed by atoms with Gasteiger partial charge in [-0.25, -0.2) is 4.98 Å². The van der Waals surface area contributed by atoms with Crippen molar-refractivity contribution in [2.24, 2.45) is 0 Å². The quantitative estimate of drug-likeness (QED) is 0.430. The molecule has 1 amide bonds. The average Bonchev–Trinajstić information content (AvgIpc) is 3.25. The molecular weight excluding hydrogens is 414 g/mol. The third-order valence-corrected chi connectivity index (χ3v) is 5.59. The number of hydrogen-bond acceptors (Lipinski definition) is 5. The van der Waals surface area contributed by atoms with E-state index in [0.29, 0.717) is 22.6 Å². The van der Waals surface area contributed by atoms with E-state index in [1.807, 2.05) is 67.6 Å². The van der Waals surface area contributed by atoms with Crippen LogP contribution >= 0.6 is 0 Å². The molecular formula is C26H19N5O2. The first-order chi connectivity index (χ1) is 16.1. The molecule has 160 valence electrons. The van der Waals surface area contributed by atoms with Crippen molar-refractivity contribution >= 4 is 33.4 Å². The van der Waals surface area contributed by atoms with Gasteiger partial charge in [-0.3, -0.25) is 4.79 Å². The van der Waals surface area contributed by atoms with Gasteiger partial charge in [0.2, 0.25) is 0 Å². The normalized spacial score (nSPS) is 10.8. The molecule has 0 aliphatic rings. The molecule has 0 saturated heterocycles. The van der Waals surface area contributed by atoms with Crippen LogP contribution in [-0.4, -0.2) is 27.8 Å². The van der Waals surface area contributed by atoms with E-state index in [2.05, 4.69) is 16.5 Å². The van der Waals surface area contributed by atoms with Crippen molar-refractivity contribution in [2.75, 3.05) is 12.4 Å². The molecule has 0 radical (unpaired) electrons. The zero-order chi connectivity index (χ0) is 22.9. The van der Waals surface area contributed by atoms with Gasteiger partial charge in [-0.1, -0.05) is 48.5 Å². The number of aromatic nitrogens is 3. The fourth-order valence-corrected chi connectivity index (χ4v) is 3.97. The average molecular weight is 433 g/mol. The van der Waals surface area contributed by atoms with E-state index in [4.69, 9.17) is 9.72 Å². The Balaban J connectivity index is 1.62. The molecule has 33 heavy (non-hydrogen) atoms. The van der Waals surface area contributed by atoms with Gasteiger partial charge in [0.15, 0.2) is 11.6 Å². The van der Waals surface area contributed by atoms with E-state index in [0.717, 1.165) is 21.7 Å². The van der Waals surface area contributed by atoms with Gasteiger partial charge in [0.05, 0.1) is 13.3 Å². The summed E-state index contributed by atoms with van der Waals surface area (Å²) >= 11 is 0. The van der Waals surface area contributed by atoms with Crippen LogP contribution in [0.1, 0.15) is 21.5 Å². The third-order valence-electron chi connectivity index (χ3n) is 5.59. The van der Waals surface area contributed by atoms with Gasteiger partial charge in [0.1, 0.15) is 22.9 Å². The number of fused-ring (bicyclic) bond motifs is 2. The van der Waals surface area contributed by atoms with Crippen LogP contribution in [0.3, 0.4) is 0 Å². The molecule has 0 bridgehead atoms. The van der Waals surface area contributed by atoms with Crippen molar-refractivity contribution in [3.05, 3.63) is 89.6 Å². The molecule has 5 rings (SSSR count). The second-order valence-electron chi connectivity index (χ2n) is 7.57. The lowest BCUT2D eigenvalue weighted by Crippen LogP contribution is -2.17. The molecule has 0 fully saturated rings. The minimum absolute atomic E-state index is 0.239. The Morgan fingerprint density at radius 2 is 1.82 bits per heavy atom. The Kier molecular flexibility index (Phi) is 4.96. The highest BCUT2D eigenvalue weighted by molar-refractivity contribution is 6.13. The molecule has 2 aromatic heterocycles. The Morgan fingerprint density at radius 1 is 1.06 bits per heavy atom. The molecule has 1 N–H and O–H groups in total. The van der Waals surface area contributed by atoms with Crippen molar-refractivity contribution in [3.63, 3.8) is 0 Å². The molecule has 0 aliphatic heterocycles. The Labute approximate surface area is 189 Å². The van der Waals surface area contributed by atoms with Gasteiger partial charge in [0.25, 0.3) is 5.91 Å².